The summed E-state index contributed by atoms with van der Waals surface area (Å²) in [5.41, 5.74) is 8.84. The molecule has 1 atom stereocenters. The van der Waals surface area contributed by atoms with Crippen molar-refractivity contribution < 1.29 is 14.3 Å². The zero-order valence-corrected chi connectivity index (χ0v) is 16.0. The average molecular weight is 369 g/mol. The molecule has 4 N–H and O–H groups in total. The van der Waals surface area contributed by atoms with Crippen molar-refractivity contribution in [1.82, 2.24) is 10.6 Å². The van der Waals surface area contributed by atoms with Crippen molar-refractivity contribution in [3.05, 3.63) is 54.1 Å². The molecule has 2 aromatic rings. The van der Waals surface area contributed by atoms with E-state index in [0.717, 1.165) is 22.4 Å². The van der Waals surface area contributed by atoms with Gasteiger partial charge in [-0.25, -0.2) is 0 Å². The second-order valence-electron chi connectivity index (χ2n) is 6.69. The summed E-state index contributed by atoms with van der Waals surface area (Å²) in [5.74, 6) is 0.262. The lowest BCUT2D eigenvalue weighted by Gasteiger charge is -2.15. The highest BCUT2D eigenvalue weighted by Gasteiger charge is 2.17. The Morgan fingerprint density at radius 2 is 1.74 bits per heavy atom. The highest BCUT2D eigenvalue weighted by Crippen LogP contribution is 2.23. The van der Waals surface area contributed by atoms with Crippen LogP contribution in [0.4, 0.5) is 0 Å². The van der Waals surface area contributed by atoms with E-state index < -0.39 is 6.04 Å². The van der Waals surface area contributed by atoms with Gasteiger partial charge < -0.3 is 21.1 Å². The lowest BCUT2D eigenvalue weighted by atomic mass is 10.0. The van der Waals surface area contributed by atoms with Crippen molar-refractivity contribution in [2.75, 3.05) is 13.7 Å². The highest BCUT2D eigenvalue weighted by atomic mass is 16.5. The number of ether oxygens (including phenoxy) is 1. The molecule has 0 aliphatic carbocycles. The Labute approximate surface area is 160 Å². The summed E-state index contributed by atoms with van der Waals surface area (Å²) in [4.78, 5) is 23.6. The van der Waals surface area contributed by atoms with Gasteiger partial charge in [0.2, 0.25) is 11.8 Å². The van der Waals surface area contributed by atoms with Crippen LogP contribution in [0.25, 0.3) is 11.1 Å². The number of nitrogens with two attached hydrogens (primary N) is 1. The molecule has 0 fully saturated rings. The number of nitrogens with one attached hydrogen (secondary N) is 2. The van der Waals surface area contributed by atoms with Crippen LogP contribution in [-0.2, 0) is 16.1 Å². The summed E-state index contributed by atoms with van der Waals surface area (Å²) < 4.78 is 5.25. The SMILES string of the molecule is COc1cccc(-c2ccc(CNC(=O)CNC(=O)[C@@H](N)C(C)C)cc2)c1. The second kappa shape index (κ2) is 9.73. The molecule has 0 bridgehead atoms. The number of hydrogen-bond acceptors (Lipinski definition) is 4. The molecule has 0 aliphatic heterocycles. The molecule has 0 heterocycles. The Bertz CT molecular complexity index is 772. The van der Waals surface area contributed by atoms with Crippen molar-refractivity contribution in [3.8, 4) is 16.9 Å². The van der Waals surface area contributed by atoms with Crippen molar-refractivity contribution in [3.63, 3.8) is 0 Å². The van der Waals surface area contributed by atoms with Crippen LogP contribution in [-0.4, -0.2) is 31.5 Å². The van der Waals surface area contributed by atoms with Gasteiger partial charge in [0.05, 0.1) is 19.7 Å². The number of methoxy groups -OCH3 is 1. The lowest BCUT2D eigenvalue weighted by Crippen LogP contribution is -2.47. The number of benzene rings is 2. The van der Waals surface area contributed by atoms with Crippen LogP contribution in [0.2, 0.25) is 0 Å². The van der Waals surface area contributed by atoms with E-state index >= 15 is 0 Å². The first-order valence-electron chi connectivity index (χ1n) is 8.94. The fourth-order valence-electron chi connectivity index (χ4n) is 2.47. The van der Waals surface area contributed by atoms with E-state index in [-0.39, 0.29) is 24.3 Å². The van der Waals surface area contributed by atoms with E-state index in [1.54, 1.807) is 7.11 Å². The van der Waals surface area contributed by atoms with Gasteiger partial charge in [-0.3, -0.25) is 9.59 Å². The van der Waals surface area contributed by atoms with E-state index in [9.17, 15) is 9.59 Å². The number of rotatable bonds is 8. The van der Waals surface area contributed by atoms with Crippen molar-refractivity contribution in [1.29, 1.82) is 0 Å². The zero-order chi connectivity index (χ0) is 19.8. The predicted molar refractivity (Wildman–Crippen MR) is 106 cm³/mol. The highest BCUT2D eigenvalue weighted by molar-refractivity contribution is 5.87. The first-order valence-corrected chi connectivity index (χ1v) is 8.94. The Hall–Kier alpha value is -2.86. The minimum absolute atomic E-state index is 0.0242. The molecule has 144 valence electrons. The molecular formula is C21H27N3O3. The number of carbonyl (C=O) groups excluding carboxylic acids is 2. The van der Waals surface area contributed by atoms with E-state index in [2.05, 4.69) is 10.6 Å². The molecule has 2 amide bonds. The summed E-state index contributed by atoms with van der Waals surface area (Å²) in [7, 11) is 1.64. The molecular weight excluding hydrogens is 342 g/mol. The van der Waals surface area contributed by atoms with Crippen LogP contribution in [0.1, 0.15) is 19.4 Å². The Morgan fingerprint density at radius 3 is 2.37 bits per heavy atom. The van der Waals surface area contributed by atoms with Crippen molar-refractivity contribution in [2.24, 2.45) is 11.7 Å². The number of carbonyl (C=O) groups is 2. The Kier molecular flexibility index (Phi) is 7.37. The van der Waals surface area contributed by atoms with Crippen LogP contribution in [0.5, 0.6) is 5.75 Å². The lowest BCUT2D eigenvalue weighted by molar-refractivity contribution is -0.127. The Balaban J connectivity index is 1.84. The third-order valence-corrected chi connectivity index (χ3v) is 4.29. The standard InChI is InChI=1S/C21H27N3O3/c1-14(2)20(22)21(26)24-13-19(25)23-12-15-7-9-16(10-8-15)17-5-4-6-18(11-17)27-3/h4-11,14,20H,12-13,22H2,1-3H3,(H,23,25)(H,24,26)/t20-/m0/s1. The van der Waals surface area contributed by atoms with Gasteiger partial charge in [-0.2, -0.15) is 0 Å². The molecule has 0 saturated heterocycles. The van der Waals surface area contributed by atoms with Gasteiger partial charge in [0.15, 0.2) is 0 Å². The molecule has 6 heteroatoms. The molecule has 6 nitrogen and oxygen atoms in total. The van der Waals surface area contributed by atoms with Gasteiger partial charge in [0, 0.05) is 6.54 Å². The van der Waals surface area contributed by atoms with Gasteiger partial charge in [0.25, 0.3) is 0 Å². The zero-order valence-electron chi connectivity index (χ0n) is 16.0. The molecule has 2 rings (SSSR count). The molecule has 0 aliphatic rings. The molecule has 0 spiro atoms. The summed E-state index contributed by atoms with van der Waals surface area (Å²) in [6.07, 6.45) is 0. The first kappa shape index (κ1) is 20.5. The van der Waals surface area contributed by atoms with Gasteiger partial charge in [-0.15, -0.1) is 0 Å². The van der Waals surface area contributed by atoms with E-state index in [0.29, 0.717) is 6.54 Å². The monoisotopic (exact) mass is 369 g/mol. The quantitative estimate of drug-likeness (QED) is 0.664. The summed E-state index contributed by atoms with van der Waals surface area (Å²) >= 11 is 0. The predicted octanol–water partition coefficient (Wildman–Crippen LogP) is 2.08. The molecule has 0 radical (unpaired) electrons. The maximum absolute atomic E-state index is 11.9. The van der Waals surface area contributed by atoms with Gasteiger partial charge in [0.1, 0.15) is 5.75 Å². The smallest absolute Gasteiger partial charge is 0.239 e. The topological polar surface area (TPSA) is 93.5 Å². The average Bonchev–Trinajstić information content (AvgIpc) is 2.70. The third kappa shape index (κ3) is 6.11. The maximum Gasteiger partial charge on any atom is 0.239 e. The van der Waals surface area contributed by atoms with Crippen LogP contribution < -0.4 is 21.1 Å². The van der Waals surface area contributed by atoms with Gasteiger partial charge in [-0.05, 0) is 34.7 Å². The fraction of sp³-hybridized carbons (Fsp3) is 0.333. The summed E-state index contributed by atoms with van der Waals surface area (Å²) in [6, 6.07) is 15.2. The molecule has 0 aromatic heterocycles. The number of amides is 2. The Morgan fingerprint density at radius 1 is 1.04 bits per heavy atom. The summed E-state index contributed by atoms with van der Waals surface area (Å²) in [6.45, 7) is 4.03. The van der Waals surface area contributed by atoms with Crippen LogP contribution in [0, 0.1) is 5.92 Å². The third-order valence-electron chi connectivity index (χ3n) is 4.29. The van der Waals surface area contributed by atoms with E-state index in [1.807, 2.05) is 62.4 Å². The summed E-state index contributed by atoms with van der Waals surface area (Å²) in [5, 5.41) is 5.34. The van der Waals surface area contributed by atoms with E-state index in [4.69, 9.17) is 10.5 Å². The first-order chi connectivity index (χ1) is 12.9. The van der Waals surface area contributed by atoms with Crippen LogP contribution >= 0.6 is 0 Å². The number of hydrogen-bond donors (Lipinski definition) is 3. The second-order valence-corrected chi connectivity index (χ2v) is 6.69. The van der Waals surface area contributed by atoms with E-state index in [1.165, 1.54) is 0 Å². The van der Waals surface area contributed by atoms with Crippen molar-refractivity contribution in [2.45, 2.75) is 26.4 Å². The normalized spacial score (nSPS) is 11.7. The molecule has 0 unspecified atom stereocenters. The molecule has 2 aromatic carbocycles. The van der Waals surface area contributed by atoms with Gasteiger partial charge >= 0.3 is 0 Å². The van der Waals surface area contributed by atoms with Gasteiger partial charge in [-0.1, -0.05) is 50.2 Å². The molecule has 0 saturated carbocycles. The van der Waals surface area contributed by atoms with Crippen molar-refractivity contribution >= 4 is 11.8 Å². The molecule has 27 heavy (non-hydrogen) atoms. The minimum atomic E-state index is -0.609. The fourth-order valence-corrected chi connectivity index (χ4v) is 2.47. The minimum Gasteiger partial charge on any atom is -0.497 e. The largest absolute Gasteiger partial charge is 0.497 e. The maximum atomic E-state index is 11.9. The van der Waals surface area contributed by atoms with Crippen LogP contribution in [0.3, 0.4) is 0 Å². The van der Waals surface area contributed by atoms with Crippen LogP contribution in [0.15, 0.2) is 48.5 Å².